The number of aryl methyl sites for hydroxylation is 2. The smallest absolute Gasteiger partial charge is 0.354 e. The zero-order valence-corrected chi connectivity index (χ0v) is 17.7. The Hall–Kier alpha value is -2.43. The number of hydrogen-bond donors (Lipinski definition) is 2. The Morgan fingerprint density at radius 1 is 1.33 bits per heavy atom. The van der Waals surface area contributed by atoms with E-state index in [-0.39, 0.29) is 16.9 Å². The number of aromatic nitrogens is 2. The number of nitrogens with one attached hydrogen (secondary N) is 1. The zero-order valence-electron chi connectivity index (χ0n) is 16.8. The maximum atomic E-state index is 13.1. The Labute approximate surface area is 175 Å². The molecule has 2 atom stereocenters. The summed E-state index contributed by atoms with van der Waals surface area (Å²) in [5.41, 5.74) is 5.80. The second-order valence-corrected chi connectivity index (χ2v) is 9.78. The van der Waals surface area contributed by atoms with Crippen LogP contribution in [0.15, 0.2) is 21.5 Å². The number of nitrogens with zero attached hydrogens (tertiary/aromatic N) is 3. The molecule has 1 aromatic carbocycles. The lowest BCUT2D eigenvalue weighted by atomic mass is 9.99. The Morgan fingerprint density at radius 2 is 2.03 bits per heavy atom. The van der Waals surface area contributed by atoms with E-state index in [0.717, 1.165) is 44.2 Å². The van der Waals surface area contributed by atoms with E-state index in [0.29, 0.717) is 13.2 Å². The fourth-order valence-electron chi connectivity index (χ4n) is 4.74. The average Bonchev–Trinajstić information content (AvgIpc) is 3.44. The van der Waals surface area contributed by atoms with Crippen LogP contribution in [0.5, 0.6) is 5.88 Å². The first-order valence-corrected chi connectivity index (χ1v) is 11.8. The Kier molecular flexibility index (Phi) is 4.79. The molecule has 10 heteroatoms. The number of ether oxygens (including phenoxy) is 2. The highest BCUT2D eigenvalue weighted by molar-refractivity contribution is 7.91. The topological polar surface area (TPSA) is 121 Å². The third-order valence-corrected chi connectivity index (χ3v) is 7.35. The molecular weight excluding hydrogens is 406 g/mol. The predicted molar refractivity (Wildman–Crippen MR) is 111 cm³/mol. The van der Waals surface area contributed by atoms with Crippen molar-refractivity contribution in [2.24, 2.45) is 9.50 Å². The van der Waals surface area contributed by atoms with E-state index in [1.807, 2.05) is 0 Å². The summed E-state index contributed by atoms with van der Waals surface area (Å²) in [7, 11) is -1.94. The van der Waals surface area contributed by atoms with Gasteiger partial charge in [0.15, 0.2) is 9.92 Å². The van der Waals surface area contributed by atoms with E-state index in [1.165, 1.54) is 28.5 Å². The lowest BCUT2D eigenvalue weighted by molar-refractivity contribution is 0.0920. The van der Waals surface area contributed by atoms with Crippen LogP contribution in [0.1, 0.15) is 35.1 Å². The number of anilines is 1. The summed E-state index contributed by atoms with van der Waals surface area (Å²) in [6.45, 7) is 0.837. The predicted octanol–water partition coefficient (Wildman–Crippen LogP) is 2.20. The van der Waals surface area contributed by atoms with Gasteiger partial charge in [-0.1, -0.05) is 6.07 Å². The molecule has 0 fully saturated rings. The molecule has 2 heterocycles. The van der Waals surface area contributed by atoms with Crippen molar-refractivity contribution >= 4 is 21.6 Å². The number of urea groups is 1. The molecule has 0 spiro atoms. The lowest BCUT2D eigenvalue weighted by Crippen LogP contribution is -2.22. The van der Waals surface area contributed by atoms with Crippen molar-refractivity contribution < 1.29 is 18.5 Å². The van der Waals surface area contributed by atoms with Crippen molar-refractivity contribution in [3.05, 3.63) is 34.5 Å². The van der Waals surface area contributed by atoms with Gasteiger partial charge < -0.3 is 14.8 Å². The van der Waals surface area contributed by atoms with Crippen LogP contribution in [-0.4, -0.2) is 39.8 Å². The Balaban J connectivity index is 1.44. The maximum Gasteiger partial charge on any atom is 0.354 e. The quantitative estimate of drug-likeness (QED) is 0.769. The molecule has 0 saturated carbocycles. The first-order valence-electron chi connectivity index (χ1n) is 10.2. The number of fused-ring (bicyclic) bond motifs is 3. The highest BCUT2D eigenvalue weighted by atomic mass is 32.2. The number of carbonyl (C=O) groups excluding carboxylic acids is 1. The summed E-state index contributed by atoms with van der Waals surface area (Å²) in [6.07, 6.45) is 7.19. The molecule has 160 valence electrons. The first-order chi connectivity index (χ1) is 14.5. The number of methoxy groups -OCH3 is 1. The van der Waals surface area contributed by atoms with Crippen molar-refractivity contribution in [1.82, 2.24) is 9.78 Å². The van der Waals surface area contributed by atoms with Crippen LogP contribution in [0, 0.1) is 0 Å². The van der Waals surface area contributed by atoms with E-state index in [4.69, 9.17) is 14.6 Å². The molecule has 3 aliphatic rings. The normalized spacial score (nSPS) is 20.8. The standard InChI is InChI=1S/C20H25N5O4S/c1-28-11-14-10-25-19(29-14)17(9-22-25)30(21,27)24-20(26)23-18-15-6-2-4-12(15)8-13-5-3-7-16(13)18/h8-9,14H,2-7,10-11H2,1H3,(H3,21,23,24,26,27). The largest absolute Gasteiger partial charge is 0.469 e. The van der Waals surface area contributed by atoms with E-state index in [1.54, 1.807) is 11.8 Å². The highest BCUT2D eigenvalue weighted by Gasteiger charge is 2.31. The van der Waals surface area contributed by atoms with E-state index >= 15 is 0 Å². The number of benzene rings is 1. The van der Waals surface area contributed by atoms with Crippen LogP contribution < -0.4 is 15.2 Å². The molecule has 2 unspecified atom stereocenters. The summed E-state index contributed by atoms with van der Waals surface area (Å²) in [5.74, 6) is 0.280. The van der Waals surface area contributed by atoms with E-state index < -0.39 is 15.9 Å². The van der Waals surface area contributed by atoms with Crippen LogP contribution in [0.25, 0.3) is 0 Å². The fourth-order valence-corrected chi connectivity index (χ4v) is 5.73. The van der Waals surface area contributed by atoms with Gasteiger partial charge in [0.25, 0.3) is 0 Å². The van der Waals surface area contributed by atoms with Crippen LogP contribution in [-0.2, 0) is 46.9 Å². The Morgan fingerprint density at radius 3 is 2.70 bits per heavy atom. The molecule has 2 amide bonds. The minimum Gasteiger partial charge on any atom is -0.469 e. The molecule has 1 aliphatic heterocycles. The summed E-state index contributed by atoms with van der Waals surface area (Å²) >= 11 is 0. The molecule has 3 N–H and O–H groups in total. The van der Waals surface area contributed by atoms with Gasteiger partial charge >= 0.3 is 6.03 Å². The highest BCUT2D eigenvalue weighted by Crippen LogP contribution is 2.38. The van der Waals surface area contributed by atoms with Gasteiger partial charge in [0.1, 0.15) is 11.0 Å². The van der Waals surface area contributed by atoms with Crippen molar-refractivity contribution in [2.45, 2.75) is 56.1 Å². The van der Waals surface area contributed by atoms with Gasteiger partial charge in [0, 0.05) is 12.8 Å². The number of carbonyl (C=O) groups is 1. The molecule has 2 aliphatic carbocycles. The third-order valence-electron chi connectivity index (χ3n) is 6.01. The number of amides is 2. The van der Waals surface area contributed by atoms with Gasteiger partial charge in [-0.25, -0.2) is 18.8 Å². The van der Waals surface area contributed by atoms with Crippen molar-refractivity contribution in [3.8, 4) is 5.88 Å². The van der Waals surface area contributed by atoms with E-state index in [2.05, 4.69) is 20.8 Å². The summed E-state index contributed by atoms with van der Waals surface area (Å²) < 4.78 is 29.4. The van der Waals surface area contributed by atoms with Crippen LogP contribution >= 0.6 is 0 Å². The molecule has 1 aromatic heterocycles. The van der Waals surface area contributed by atoms with Crippen molar-refractivity contribution in [2.75, 3.05) is 19.0 Å². The molecule has 0 radical (unpaired) electrons. The van der Waals surface area contributed by atoms with E-state index in [9.17, 15) is 9.00 Å². The van der Waals surface area contributed by atoms with Crippen LogP contribution in [0.4, 0.5) is 10.5 Å². The molecule has 9 nitrogen and oxygen atoms in total. The molecule has 0 bridgehead atoms. The first kappa shape index (κ1) is 19.5. The lowest BCUT2D eigenvalue weighted by Gasteiger charge is -2.15. The summed E-state index contributed by atoms with van der Waals surface area (Å²) in [6, 6.07) is 1.58. The molecule has 5 rings (SSSR count). The van der Waals surface area contributed by atoms with Gasteiger partial charge in [-0.2, -0.15) is 5.10 Å². The summed E-state index contributed by atoms with van der Waals surface area (Å²) in [4.78, 5) is 12.9. The van der Waals surface area contributed by atoms with Gasteiger partial charge in [0.05, 0.1) is 19.3 Å². The maximum absolute atomic E-state index is 13.1. The van der Waals surface area contributed by atoms with Crippen LogP contribution in [0.3, 0.4) is 0 Å². The number of hydrogen-bond acceptors (Lipinski definition) is 5. The minimum atomic E-state index is -3.51. The monoisotopic (exact) mass is 431 g/mol. The summed E-state index contributed by atoms with van der Waals surface area (Å²) in [5, 5.41) is 13.1. The fraction of sp³-hybridized carbons (Fsp3) is 0.500. The Bertz CT molecular complexity index is 1120. The van der Waals surface area contributed by atoms with Crippen molar-refractivity contribution in [3.63, 3.8) is 0 Å². The van der Waals surface area contributed by atoms with Gasteiger partial charge in [-0.15, -0.1) is 4.36 Å². The molecule has 2 aromatic rings. The molecular formula is C20H25N5O4S. The molecule has 30 heavy (non-hydrogen) atoms. The second kappa shape index (κ2) is 7.36. The zero-order chi connectivity index (χ0) is 20.9. The third kappa shape index (κ3) is 3.28. The van der Waals surface area contributed by atoms with Crippen molar-refractivity contribution in [1.29, 1.82) is 0 Å². The SMILES string of the molecule is COCC1Cn2ncc(S(N)(=O)=NC(=O)Nc3c4c(cc5c3CCC5)CCC4)c2O1. The second-order valence-electron chi connectivity index (χ2n) is 8.02. The average molecular weight is 432 g/mol. The van der Waals surface area contributed by atoms with Crippen LogP contribution in [0.2, 0.25) is 0 Å². The number of rotatable bonds is 4. The van der Waals surface area contributed by atoms with Gasteiger partial charge in [-0.05, 0) is 60.8 Å². The minimum absolute atomic E-state index is 0.125. The number of nitrogens with two attached hydrogens (primary N) is 1. The van der Waals surface area contributed by atoms with Gasteiger partial charge in [0.2, 0.25) is 5.88 Å². The van der Waals surface area contributed by atoms with Gasteiger partial charge in [-0.3, -0.25) is 0 Å². The molecule has 0 saturated heterocycles.